The van der Waals surface area contributed by atoms with E-state index >= 15 is 0 Å². The summed E-state index contributed by atoms with van der Waals surface area (Å²) < 4.78 is 10.9. The normalized spacial score (nSPS) is 14.3. The summed E-state index contributed by atoms with van der Waals surface area (Å²) >= 11 is 0. The zero-order valence-electron chi connectivity index (χ0n) is 16.8. The van der Waals surface area contributed by atoms with Gasteiger partial charge >= 0.3 is 0 Å². The Kier molecular flexibility index (Phi) is 7.50. The minimum absolute atomic E-state index is 0.0194. The Morgan fingerprint density at radius 1 is 1.00 bits per heavy atom. The number of carbonyl (C=O) groups is 2. The molecule has 1 N–H and O–H groups in total. The number of methoxy groups -OCH3 is 1. The number of piperidine rings is 1. The third kappa shape index (κ3) is 6.24. The largest absolute Gasteiger partial charge is 0.493 e. The Morgan fingerprint density at radius 2 is 1.66 bits per heavy atom. The lowest BCUT2D eigenvalue weighted by atomic mass is 10.0. The van der Waals surface area contributed by atoms with E-state index in [-0.39, 0.29) is 24.5 Å². The summed E-state index contributed by atoms with van der Waals surface area (Å²) in [6.07, 6.45) is 2.75. The van der Waals surface area contributed by atoms with Crippen LogP contribution >= 0.6 is 0 Å². The minimum atomic E-state index is -0.0511. The molecule has 154 valence electrons. The second-order valence-corrected chi connectivity index (χ2v) is 7.15. The molecule has 0 unspecified atom stereocenters. The fourth-order valence-corrected chi connectivity index (χ4v) is 3.44. The van der Waals surface area contributed by atoms with E-state index in [0.29, 0.717) is 31.0 Å². The summed E-state index contributed by atoms with van der Waals surface area (Å²) in [4.78, 5) is 26.4. The summed E-state index contributed by atoms with van der Waals surface area (Å²) in [6.45, 7) is 1.23. The number of benzene rings is 2. The minimum Gasteiger partial charge on any atom is -0.493 e. The smallest absolute Gasteiger partial charge is 0.260 e. The van der Waals surface area contributed by atoms with E-state index in [1.165, 1.54) is 0 Å². The van der Waals surface area contributed by atoms with Gasteiger partial charge in [-0.05, 0) is 37.0 Å². The van der Waals surface area contributed by atoms with Crippen molar-refractivity contribution in [3.63, 3.8) is 0 Å². The van der Waals surface area contributed by atoms with Crippen molar-refractivity contribution >= 4 is 11.8 Å². The van der Waals surface area contributed by atoms with Crippen molar-refractivity contribution in [2.24, 2.45) is 0 Å². The van der Waals surface area contributed by atoms with Crippen molar-refractivity contribution < 1.29 is 19.1 Å². The molecule has 2 aromatic rings. The molecule has 29 heavy (non-hydrogen) atoms. The first-order valence-electron chi connectivity index (χ1n) is 10.0. The van der Waals surface area contributed by atoms with Crippen LogP contribution in [-0.2, 0) is 16.0 Å². The molecule has 0 radical (unpaired) electrons. The first-order chi connectivity index (χ1) is 14.2. The van der Waals surface area contributed by atoms with Crippen molar-refractivity contribution in [1.29, 1.82) is 0 Å². The summed E-state index contributed by atoms with van der Waals surface area (Å²) in [7, 11) is 1.57. The monoisotopic (exact) mass is 396 g/mol. The van der Waals surface area contributed by atoms with Gasteiger partial charge < -0.3 is 19.7 Å². The number of hydrogen-bond acceptors (Lipinski definition) is 4. The second-order valence-electron chi connectivity index (χ2n) is 7.15. The quantitative estimate of drug-likeness (QED) is 0.745. The molecule has 1 saturated heterocycles. The lowest BCUT2D eigenvalue weighted by Crippen LogP contribution is -2.47. The molecule has 1 fully saturated rings. The highest BCUT2D eigenvalue weighted by atomic mass is 16.5. The van der Waals surface area contributed by atoms with Crippen LogP contribution in [0.1, 0.15) is 24.8 Å². The van der Waals surface area contributed by atoms with Gasteiger partial charge in [-0.15, -0.1) is 0 Å². The Labute approximate surface area is 171 Å². The number of ether oxygens (including phenoxy) is 2. The van der Waals surface area contributed by atoms with Crippen LogP contribution < -0.4 is 14.8 Å². The van der Waals surface area contributed by atoms with Gasteiger partial charge in [0.2, 0.25) is 5.91 Å². The summed E-state index contributed by atoms with van der Waals surface area (Å²) in [5, 5.41) is 3.10. The van der Waals surface area contributed by atoms with Crippen LogP contribution in [0.25, 0.3) is 0 Å². The Hall–Kier alpha value is -3.02. The van der Waals surface area contributed by atoms with Crippen LogP contribution in [0.15, 0.2) is 54.6 Å². The lowest BCUT2D eigenvalue weighted by molar-refractivity contribution is -0.134. The number of aryl methyl sites for hydroxylation is 1. The molecular formula is C23H28N2O4. The Bertz CT molecular complexity index is 802. The second kappa shape index (κ2) is 10.5. The molecule has 0 bridgehead atoms. The van der Waals surface area contributed by atoms with Crippen LogP contribution in [0.3, 0.4) is 0 Å². The number of para-hydroxylation sites is 2. The zero-order chi connectivity index (χ0) is 20.5. The number of nitrogens with zero attached hydrogens (tertiary/aromatic N) is 1. The number of hydrogen-bond donors (Lipinski definition) is 1. The zero-order valence-corrected chi connectivity index (χ0v) is 16.8. The summed E-state index contributed by atoms with van der Waals surface area (Å²) in [5.41, 5.74) is 1.16. The topological polar surface area (TPSA) is 67.9 Å². The predicted molar refractivity (Wildman–Crippen MR) is 111 cm³/mol. The van der Waals surface area contributed by atoms with E-state index < -0.39 is 0 Å². The first-order valence-corrected chi connectivity index (χ1v) is 10.0. The molecule has 0 atom stereocenters. The molecule has 0 saturated carbocycles. The third-order valence-electron chi connectivity index (χ3n) is 5.12. The number of nitrogens with one attached hydrogen (secondary N) is 1. The van der Waals surface area contributed by atoms with Gasteiger partial charge in [0.25, 0.3) is 5.91 Å². The third-order valence-corrected chi connectivity index (χ3v) is 5.12. The van der Waals surface area contributed by atoms with Gasteiger partial charge in [0.05, 0.1) is 7.11 Å². The molecular weight excluding hydrogens is 368 g/mol. The molecule has 0 aromatic heterocycles. The van der Waals surface area contributed by atoms with Crippen molar-refractivity contribution in [3.05, 3.63) is 60.2 Å². The van der Waals surface area contributed by atoms with E-state index in [9.17, 15) is 9.59 Å². The van der Waals surface area contributed by atoms with Crippen molar-refractivity contribution in [3.8, 4) is 11.5 Å². The van der Waals surface area contributed by atoms with Crippen LogP contribution in [0, 0.1) is 0 Å². The molecule has 0 aliphatic carbocycles. The van der Waals surface area contributed by atoms with Crippen molar-refractivity contribution in [2.45, 2.75) is 31.7 Å². The van der Waals surface area contributed by atoms with Crippen LogP contribution in [-0.4, -0.2) is 49.6 Å². The highest BCUT2D eigenvalue weighted by molar-refractivity contribution is 5.78. The maximum atomic E-state index is 12.4. The number of carbonyl (C=O) groups excluding carboxylic acids is 2. The van der Waals surface area contributed by atoms with Gasteiger partial charge in [0.15, 0.2) is 18.1 Å². The molecule has 0 spiro atoms. The highest BCUT2D eigenvalue weighted by Crippen LogP contribution is 2.25. The molecule has 2 aromatic carbocycles. The predicted octanol–water partition coefficient (Wildman–Crippen LogP) is 2.81. The van der Waals surface area contributed by atoms with Gasteiger partial charge in [-0.1, -0.05) is 42.5 Å². The molecule has 3 rings (SSSR count). The maximum Gasteiger partial charge on any atom is 0.260 e. The van der Waals surface area contributed by atoms with Gasteiger partial charge in [-0.25, -0.2) is 0 Å². The van der Waals surface area contributed by atoms with Crippen LogP contribution in [0.5, 0.6) is 11.5 Å². The van der Waals surface area contributed by atoms with Gasteiger partial charge in [-0.3, -0.25) is 9.59 Å². The standard InChI is InChI=1S/C23H28N2O4/c1-28-20-9-5-6-10-21(20)29-17-23(27)25-15-13-19(14-16-25)24-22(26)12-11-18-7-3-2-4-8-18/h2-10,19H,11-17H2,1H3,(H,24,26). The van der Waals surface area contributed by atoms with Gasteiger partial charge in [-0.2, -0.15) is 0 Å². The van der Waals surface area contributed by atoms with E-state index in [2.05, 4.69) is 5.32 Å². The summed E-state index contributed by atoms with van der Waals surface area (Å²) in [5.74, 6) is 1.18. The van der Waals surface area contributed by atoms with Gasteiger partial charge in [0.1, 0.15) is 0 Å². The molecule has 1 aliphatic rings. The van der Waals surface area contributed by atoms with Crippen molar-refractivity contribution in [1.82, 2.24) is 10.2 Å². The number of amides is 2. The van der Waals surface area contributed by atoms with E-state index in [1.54, 1.807) is 24.1 Å². The van der Waals surface area contributed by atoms with Crippen molar-refractivity contribution in [2.75, 3.05) is 26.8 Å². The molecule has 2 amide bonds. The van der Waals surface area contributed by atoms with E-state index in [0.717, 1.165) is 24.8 Å². The van der Waals surface area contributed by atoms with Gasteiger partial charge in [0, 0.05) is 25.6 Å². The fraction of sp³-hybridized carbons (Fsp3) is 0.391. The van der Waals surface area contributed by atoms with E-state index in [1.807, 2.05) is 42.5 Å². The van der Waals surface area contributed by atoms with E-state index in [4.69, 9.17) is 9.47 Å². The maximum absolute atomic E-state index is 12.4. The lowest BCUT2D eigenvalue weighted by Gasteiger charge is -2.32. The average Bonchev–Trinajstić information content (AvgIpc) is 2.77. The molecule has 6 nitrogen and oxygen atoms in total. The average molecular weight is 396 g/mol. The molecule has 1 heterocycles. The fourth-order valence-electron chi connectivity index (χ4n) is 3.44. The highest BCUT2D eigenvalue weighted by Gasteiger charge is 2.24. The van der Waals surface area contributed by atoms with Crippen LogP contribution in [0.4, 0.5) is 0 Å². The molecule has 6 heteroatoms. The summed E-state index contributed by atoms with van der Waals surface area (Å²) in [6, 6.07) is 17.4. The molecule has 1 aliphatic heterocycles. The number of rotatable bonds is 8. The van der Waals surface area contributed by atoms with Crippen LogP contribution in [0.2, 0.25) is 0 Å². The number of likely N-dealkylation sites (tertiary alicyclic amines) is 1. The first kappa shape index (κ1) is 20.7. The Balaban J connectivity index is 1.37. The Morgan fingerprint density at radius 3 is 2.34 bits per heavy atom. The SMILES string of the molecule is COc1ccccc1OCC(=O)N1CCC(NC(=O)CCc2ccccc2)CC1.